The molecule has 1 N–H and O–H groups in total. The van der Waals surface area contributed by atoms with Crippen LogP contribution in [0.2, 0.25) is 0 Å². The van der Waals surface area contributed by atoms with Crippen LogP contribution in [0.3, 0.4) is 0 Å². The van der Waals surface area contributed by atoms with E-state index in [2.05, 4.69) is 12.2 Å². The molecule has 86 valence electrons. The van der Waals surface area contributed by atoms with Gasteiger partial charge in [-0.1, -0.05) is 25.5 Å². The van der Waals surface area contributed by atoms with Crippen molar-refractivity contribution in [2.24, 2.45) is 0 Å². The standard InChI is InChI=1S/C13H16FNS/c1-3-5-9-10-6-4-7-11(14)13(10)16-12(9)8-15-2/h4,6-7,15H,3,5,8H2,1-2H3. The van der Waals surface area contributed by atoms with Gasteiger partial charge in [0.2, 0.25) is 0 Å². The third-order valence-electron chi connectivity index (χ3n) is 2.69. The van der Waals surface area contributed by atoms with Gasteiger partial charge in [-0.2, -0.15) is 0 Å². The molecular weight excluding hydrogens is 221 g/mol. The van der Waals surface area contributed by atoms with Crippen molar-refractivity contribution in [3.8, 4) is 0 Å². The molecule has 1 heterocycles. The van der Waals surface area contributed by atoms with E-state index in [4.69, 9.17) is 0 Å². The zero-order chi connectivity index (χ0) is 11.5. The Balaban J connectivity index is 2.60. The van der Waals surface area contributed by atoms with Crippen molar-refractivity contribution in [1.29, 1.82) is 0 Å². The molecule has 16 heavy (non-hydrogen) atoms. The van der Waals surface area contributed by atoms with Crippen molar-refractivity contribution >= 4 is 21.4 Å². The minimum absolute atomic E-state index is 0.0952. The lowest BCUT2D eigenvalue weighted by molar-refractivity contribution is 0.641. The van der Waals surface area contributed by atoms with E-state index in [1.54, 1.807) is 17.4 Å². The first kappa shape index (κ1) is 11.6. The molecule has 0 bridgehead atoms. The van der Waals surface area contributed by atoms with E-state index in [1.165, 1.54) is 16.5 Å². The van der Waals surface area contributed by atoms with Crippen LogP contribution in [0.25, 0.3) is 10.1 Å². The van der Waals surface area contributed by atoms with E-state index in [0.717, 1.165) is 29.5 Å². The smallest absolute Gasteiger partial charge is 0.141 e. The van der Waals surface area contributed by atoms with Crippen molar-refractivity contribution in [2.75, 3.05) is 7.05 Å². The summed E-state index contributed by atoms with van der Waals surface area (Å²) < 4.78 is 14.5. The normalized spacial score (nSPS) is 11.2. The average molecular weight is 237 g/mol. The highest BCUT2D eigenvalue weighted by Gasteiger charge is 2.13. The first-order chi connectivity index (χ1) is 7.77. The molecule has 0 aliphatic carbocycles. The van der Waals surface area contributed by atoms with Gasteiger partial charge in [0.1, 0.15) is 5.82 Å². The second-order valence-electron chi connectivity index (χ2n) is 3.90. The Morgan fingerprint density at radius 3 is 2.88 bits per heavy atom. The monoisotopic (exact) mass is 237 g/mol. The van der Waals surface area contributed by atoms with Gasteiger partial charge in [0.05, 0.1) is 4.70 Å². The van der Waals surface area contributed by atoms with E-state index in [1.807, 2.05) is 13.1 Å². The molecule has 1 aromatic heterocycles. The molecule has 0 radical (unpaired) electrons. The molecule has 2 aromatic rings. The SMILES string of the molecule is CCCc1c(CNC)sc2c(F)cccc12. The number of rotatable bonds is 4. The van der Waals surface area contributed by atoms with Crippen molar-refractivity contribution in [2.45, 2.75) is 26.3 Å². The van der Waals surface area contributed by atoms with Crippen LogP contribution in [-0.2, 0) is 13.0 Å². The fourth-order valence-electron chi connectivity index (χ4n) is 2.01. The Labute approximate surface area is 99.3 Å². The van der Waals surface area contributed by atoms with E-state index in [9.17, 15) is 4.39 Å². The van der Waals surface area contributed by atoms with Crippen LogP contribution in [0, 0.1) is 5.82 Å². The summed E-state index contributed by atoms with van der Waals surface area (Å²) in [7, 11) is 1.93. The predicted molar refractivity (Wildman–Crippen MR) is 68.5 cm³/mol. The van der Waals surface area contributed by atoms with Gasteiger partial charge in [-0.15, -0.1) is 11.3 Å². The summed E-state index contributed by atoms with van der Waals surface area (Å²) >= 11 is 1.58. The quantitative estimate of drug-likeness (QED) is 0.854. The largest absolute Gasteiger partial charge is 0.315 e. The maximum Gasteiger partial charge on any atom is 0.141 e. The molecule has 0 amide bonds. The number of halogens is 1. The fraction of sp³-hybridized carbons (Fsp3) is 0.385. The van der Waals surface area contributed by atoms with Gasteiger partial charge in [0.25, 0.3) is 0 Å². The minimum atomic E-state index is -0.0952. The van der Waals surface area contributed by atoms with Gasteiger partial charge in [0, 0.05) is 11.4 Å². The Morgan fingerprint density at radius 1 is 1.38 bits per heavy atom. The molecule has 0 aliphatic rings. The summed E-state index contributed by atoms with van der Waals surface area (Å²) in [6, 6.07) is 5.36. The van der Waals surface area contributed by atoms with Crippen molar-refractivity contribution in [3.05, 3.63) is 34.5 Å². The van der Waals surface area contributed by atoms with Gasteiger partial charge < -0.3 is 5.32 Å². The fourth-order valence-corrected chi connectivity index (χ4v) is 3.28. The lowest BCUT2D eigenvalue weighted by Crippen LogP contribution is -2.05. The van der Waals surface area contributed by atoms with Crippen LogP contribution in [-0.4, -0.2) is 7.05 Å². The molecule has 2 rings (SSSR count). The number of hydrogen-bond donors (Lipinski definition) is 1. The average Bonchev–Trinajstić information content (AvgIpc) is 2.61. The second kappa shape index (κ2) is 4.93. The number of thiophene rings is 1. The third kappa shape index (κ3) is 1.97. The molecule has 0 spiro atoms. The van der Waals surface area contributed by atoms with E-state index in [0.29, 0.717) is 0 Å². The van der Waals surface area contributed by atoms with Crippen LogP contribution in [0.1, 0.15) is 23.8 Å². The predicted octanol–water partition coefficient (Wildman–Crippen LogP) is 3.71. The highest BCUT2D eigenvalue weighted by molar-refractivity contribution is 7.19. The Morgan fingerprint density at radius 2 is 2.19 bits per heavy atom. The lowest BCUT2D eigenvalue weighted by atomic mass is 10.1. The van der Waals surface area contributed by atoms with Crippen LogP contribution in [0.4, 0.5) is 4.39 Å². The molecule has 3 heteroatoms. The summed E-state index contributed by atoms with van der Waals surface area (Å²) in [6.45, 7) is 2.99. The highest BCUT2D eigenvalue weighted by atomic mass is 32.1. The first-order valence-electron chi connectivity index (χ1n) is 5.61. The van der Waals surface area contributed by atoms with E-state index < -0.39 is 0 Å². The molecule has 1 aromatic carbocycles. The van der Waals surface area contributed by atoms with Crippen LogP contribution in [0.5, 0.6) is 0 Å². The van der Waals surface area contributed by atoms with Crippen molar-refractivity contribution in [3.63, 3.8) is 0 Å². The van der Waals surface area contributed by atoms with Gasteiger partial charge >= 0.3 is 0 Å². The molecule has 0 saturated heterocycles. The molecule has 1 nitrogen and oxygen atoms in total. The van der Waals surface area contributed by atoms with Crippen LogP contribution in [0.15, 0.2) is 18.2 Å². The number of fused-ring (bicyclic) bond motifs is 1. The first-order valence-corrected chi connectivity index (χ1v) is 6.43. The third-order valence-corrected chi connectivity index (χ3v) is 3.95. The van der Waals surface area contributed by atoms with Gasteiger partial charge in [0.15, 0.2) is 0 Å². The second-order valence-corrected chi connectivity index (χ2v) is 5.01. The Kier molecular flexibility index (Phi) is 3.56. The molecule has 0 atom stereocenters. The summed E-state index contributed by atoms with van der Waals surface area (Å²) in [5.41, 5.74) is 1.32. The van der Waals surface area contributed by atoms with Crippen LogP contribution < -0.4 is 5.32 Å². The number of aryl methyl sites for hydroxylation is 1. The van der Waals surface area contributed by atoms with Crippen molar-refractivity contribution in [1.82, 2.24) is 5.32 Å². The molecule has 0 saturated carbocycles. The van der Waals surface area contributed by atoms with E-state index >= 15 is 0 Å². The maximum atomic E-state index is 13.7. The summed E-state index contributed by atoms with van der Waals surface area (Å²) in [4.78, 5) is 1.27. The zero-order valence-electron chi connectivity index (χ0n) is 9.64. The molecule has 0 aliphatic heterocycles. The van der Waals surface area contributed by atoms with Gasteiger partial charge in [-0.05, 0) is 30.5 Å². The van der Waals surface area contributed by atoms with Crippen molar-refractivity contribution < 1.29 is 4.39 Å². The van der Waals surface area contributed by atoms with Crippen LogP contribution >= 0.6 is 11.3 Å². The Bertz CT molecular complexity index is 490. The van der Waals surface area contributed by atoms with E-state index in [-0.39, 0.29) is 5.82 Å². The minimum Gasteiger partial charge on any atom is -0.315 e. The maximum absolute atomic E-state index is 13.7. The summed E-state index contributed by atoms with van der Waals surface area (Å²) in [5.74, 6) is -0.0952. The molecular formula is C13H16FNS. The van der Waals surface area contributed by atoms with Gasteiger partial charge in [-0.25, -0.2) is 4.39 Å². The lowest BCUT2D eigenvalue weighted by Gasteiger charge is -2.01. The summed E-state index contributed by atoms with van der Waals surface area (Å²) in [5, 5.41) is 4.25. The highest BCUT2D eigenvalue weighted by Crippen LogP contribution is 2.33. The topological polar surface area (TPSA) is 12.0 Å². The molecule has 0 fully saturated rings. The number of hydrogen-bond acceptors (Lipinski definition) is 2. The number of nitrogens with one attached hydrogen (secondary N) is 1. The summed E-state index contributed by atoms with van der Waals surface area (Å²) in [6.07, 6.45) is 2.12. The molecule has 0 unspecified atom stereocenters. The van der Waals surface area contributed by atoms with Gasteiger partial charge in [-0.3, -0.25) is 0 Å². The number of benzene rings is 1. The Hall–Kier alpha value is -0.930. The zero-order valence-corrected chi connectivity index (χ0v) is 10.5.